The third-order valence-corrected chi connectivity index (χ3v) is 3.33. The molecule has 0 aliphatic rings. The highest BCUT2D eigenvalue weighted by Crippen LogP contribution is 2.23. The van der Waals surface area contributed by atoms with Crippen molar-refractivity contribution in [3.05, 3.63) is 33.4 Å². The van der Waals surface area contributed by atoms with Crippen LogP contribution in [0.3, 0.4) is 0 Å². The molecule has 17 heavy (non-hydrogen) atoms. The largest absolute Gasteiger partial charge is 0.396 e. The molecule has 2 heterocycles. The zero-order valence-corrected chi connectivity index (χ0v) is 11.2. The predicted octanol–water partition coefficient (Wildman–Crippen LogP) is 2.72. The Bertz CT molecular complexity index is 526. The average Bonchev–Trinajstić information content (AvgIpc) is 2.67. The van der Waals surface area contributed by atoms with Gasteiger partial charge in [0.05, 0.1) is 22.9 Å². The first-order valence-electron chi connectivity index (χ1n) is 5.10. The Kier molecular flexibility index (Phi) is 3.49. The molecule has 2 rings (SSSR count). The molecule has 4 nitrogen and oxygen atoms in total. The van der Waals surface area contributed by atoms with Gasteiger partial charge in [0, 0.05) is 12.4 Å². The molecule has 2 aromatic heterocycles. The summed E-state index contributed by atoms with van der Waals surface area (Å²) < 4.78 is 0. The van der Waals surface area contributed by atoms with Crippen LogP contribution >= 0.6 is 22.9 Å². The van der Waals surface area contributed by atoms with Crippen LogP contribution in [-0.2, 0) is 6.54 Å². The fourth-order valence-corrected chi connectivity index (χ4v) is 2.29. The summed E-state index contributed by atoms with van der Waals surface area (Å²) in [6.07, 6.45) is 0. The van der Waals surface area contributed by atoms with Crippen LogP contribution in [-0.4, -0.2) is 17.0 Å². The third-order valence-electron chi connectivity index (χ3n) is 2.30. The first-order valence-corrected chi connectivity index (χ1v) is 6.36. The molecule has 0 aliphatic carbocycles. The maximum atomic E-state index is 5.87. The Hall–Kier alpha value is -1.33. The van der Waals surface area contributed by atoms with E-state index in [0.717, 1.165) is 10.7 Å². The number of hydrogen-bond donors (Lipinski definition) is 1. The molecule has 0 atom stereocenters. The highest BCUT2D eigenvalue weighted by atomic mass is 35.5. The highest BCUT2D eigenvalue weighted by molar-refractivity contribution is 7.09. The molecular formula is C11H13ClN4S. The van der Waals surface area contributed by atoms with Gasteiger partial charge in [-0.2, -0.15) is 0 Å². The van der Waals surface area contributed by atoms with Crippen molar-refractivity contribution in [2.45, 2.75) is 13.5 Å². The van der Waals surface area contributed by atoms with Gasteiger partial charge in [0.2, 0.25) is 0 Å². The van der Waals surface area contributed by atoms with Crippen LogP contribution in [0.4, 0.5) is 11.5 Å². The molecular weight excluding hydrogens is 256 g/mol. The summed E-state index contributed by atoms with van der Waals surface area (Å²) in [5.41, 5.74) is 7.49. The van der Waals surface area contributed by atoms with E-state index in [1.54, 1.807) is 23.5 Å². The third kappa shape index (κ3) is 2.87. The second-order valence-corrected chi connectivity index (χ2v) is 5.21. The van der Waals surface area contributed by atoms with Gasteiger partial charge in [-0.25, -0.2) is 9.97 Å². The van der Waals surface area contributed by atoms with E-state index in [2.05, 4.69) is 9.97 Å². The smallest absolute Gasteiger partial charge is 0.153 e. The lowest BCUT2D eigenvalue weighted by Crippen LogP contribution is -2.19. The Labute approximate surface area is 109 Å². The van der Waals surface area contributed by atoms with Gasteiger partial charge in [0.1, 0.15) is 5.15 Å². The number of nitrogens with two attached hydrogens (primary N) is 1. The van der Waals surface area contributed by atoms with Crippen molar-refractivity contribution in [1.29, 1.82) is 0 Å². The Balaban J connectivity index is 2.19. The number of hydrogen-bond acceptors (Lipinski definition) is 5. The predicted molar refractivity (Wildman–Crippen MR) is 72.6 cm³/mol. The first kappa shape index (κ1) is 12.1. The van der Waals surface area contributed by atoms with E-state index in [4.69, 9.17) is 17.3 Å². The maximum absolute atomic E-state index is 5.87. The molecule has 0 amide bonds. The van der Waals surface area contributed by atoms with Gasteiger partial charge in [0.15, 0.2) is 5.82 Å². The number of aromatic nitrogens is 2. The zero-order chi connectivity index (χ0) is 12.4. The van der Waals surface area contributed by atoms with Crippen LogP contribution in [0.2, 0.25) is 5.15 Å². The number of nitrogens with zero attached hydrogens (tertiary/aromatic N) is 3. The molecule has 0 saturated heterocycles. The van der Waals surface area contributed by atoms with E-state index in [1.165, 1.54) is 0 Å². The maximum Gasteiger partial charge on any atom is 0.153 e. The van der Waals surface area contributed by atoms with Crippen molar-refractivity contribution < 1.29 is 0 Å². The molecule has 0 unspecified atom stereocenters. The molecule has 0 fully saturated rings. The molecule has 0 radical (unpaired) electrons. The fourth-order valence-electron chi connectivity index (χ4n) is 1.54. The number of thiazole rings is 1. The summed E-state index contributed by atoms with van der Waals surface area (Å²) >= 11 is 7.49. The van der Waals surface area contributed by atoms with Gasteiger partial charge >= 0.3 is 0 Å². The van der Waals surface area contributed by atoms with Gasteiger partial charge in [-0.15, -0.1) is 11.3 Å². The van der Waals surface area contributed by atoms with E-state index in [1.807, 2.05) is 24.3 Å². The molecule has 0 bridgehead atoms. The van der Waals surface area contributed by atoms with Crippen LogP contribution < -0.4 is 10.6 Å². The van der Waals surface area contributed by atoms with E-state index in [9.17, 15) is 0 Å². The van der Waals surface area contributed by atoms with Crippen molar-refractivity contribution in [3.63, 3.8) is 0 Å². The minimum absolute atomic E-state index is 0.440. The number of halogens is 1. The minimum atomic E-state index is 0.440. The van der Waals surface area contributed by atoms with Crippen molar-refractivity contribution in [3.8, 4) is 0 Å². The second-order valence-electron chi connectivity index (χ2n) is 3.76. The van der Waals surface area contributed by atoms with Crippen LogP contribution in [0.1, 0.15) is 10.7 Å². The lowest BCUT2D eigenvalue weighted by molar-refractivity contribution is 0.872. The molecule has 0 aromatic carbocycles. The average molecular weight is 269 g/mol. The summed E-state index contributed by atoms with van der Waals surface area (Å²) in [7, 11) is 1.92. The lowest BCUT2D eigenvalue weighted by atomic mass is 10.3. The van der Waals surface area contributed by atoms with Crippen LogP contribution in [0.25, 0.3) is 0 Å². The van der Waals surface area contributed by atoms with E-state index in [-0.39, 0.29) is 0 Å². The molecule has 0 saturated carbocycles. The summed E-state index contributed by atoms with van der Waals surface area (Å²) in [6, 6.07) is 3.44. The first-order chi connectivity index (χ1) is 8.06. The summed E-state index contributed by atoms with van der Waals surface area (Å²) in [6.45, 7) is 2.65. The van der Waals surface area contributed by atoms with E-state index in [0.29, 0.717) is 23.2 Å². The number of anilines is 2. The minimum Gasteiger partial charge on any atom is -0.396 e. The molecule has 2 aromatic rings. The quantitative estimate of drug-likeness (QED) is 0.870. The number of aryl methyl sites for hydroxylation is 1. The summed E-state index contributed by atoms with van der Waals surface area (Å²) in [5.74, 6) is 0.683. The Morgan fingerprint density at radius 1 is 1.41 bits per heavy atom. The van der Waals surface area contributed by atoms with E-state index >= 15 is 0 Å². The Morgan fingerprint density at radius 2 is 2.18 bits per heavy atom. The highest BCUT2D eigenvalue weighted by Gasteiger charge is 2.10. The van der Waals surface area contributed by atoms with Crippen molar-refractivity contribution >= 4 is 34.4 Å². The van der Waals surface area contributed by atoms with Crippen LogP contribution in [0.15, 0.2) is 17.5 Å². The fraction of sp³-hybridized carbons (Fsp3) is 0.273. The molecule has 0 aliphatic heterocycles. The number of rotatable bonds is 3. The zero-order valence-electron chi connectivity index (χ0n) is 9.64. The van der Waals surface area contributed by atoms with E-state index < -0.39 is 0 Å². The number of nitrogen functional groups attached to an aromatic ring is 1. The topological polar surface area (TPSA) is 55.0 Å². The Morgan fingerprint density at radius 3 is 2.82 bits per heavy atom. The van der Waals surface area contributed by atoms with Crippen molar-refractivity contribution in [2.24, 2.45) is 0 Å². The summed E-state index contributed by atoms with van der Waals surface area (Å²) in [4.78, 5) is 10.6. The van der Waals surface area contributed by atoms with Crippen LogP contribution in [0, 0.1) is 6.92 Å². The normalized spacial score (nSPS) is 10.5. The number of pyridine rings is 1. The molecule has 2 N–H and O–H groups in total. The van der Waals surface area contributed by atoms with Gasteiger partial charge in [-0.1, -0.05) is 11.6 Å². The van der Waals surface area contributed by atoms with Crippen LogP contribution in [0.5, 0.6) is 0 Å². The second kappa shape index (κ2) is 4.89. The molecule has 6 heteroatoms. The SMILES string of the molecule is Cc1nc(CN(C)c2nc(Cl)ccc2N)cs1. The standard InChI is InChI=1S/C11H13ClN4S/c1-7-14-8(6-17-7)5-16(2)11-9(13)3-4-10(12)15-11/h3-4,6H,5,13H2,1-2H3. The van der Waals surface area contributed by atoms with Crippen molar-refractivity contribution in [1.82, 2.24) is 9.97 Å². The van der Waals surface area contributed by atoms with Crippen molar-refractivity contribution in [2.75, 3.05) is 17.7 Å². The molecule has 0 spiro atoms. The van der Waals surface area contributed by atoms with Gasteiger partial charge in [-0.05, 0) is 19.1 Å². The van der Waals surface area contributed by atoms with Gasteiger partial charge < -0.3 is 10.6 Å². The van der Waals surface area contributed by atoms with Gasteiger partial charge in [0.25, 0.3) is 0 Å². The lowest BCUT2D eigenvalue weighted by Gasteiger charge is -2.18. The molecule has 90 valence electrons. The summed E-state index contributed by atoms with van der Waals surface area (Å²) in [5, 5.41) is 3.53. The monoisotopic (exact) mass is 268 g/mol. The van der Waals surface area contributed by atoms with Gasteiger partial charge in [-0.3, -0.25) is 0 Å².